The van der Waals surface area contributed by atoms with Crippen LogP contribution in [0.3, 0.4) is 0 Å². The molecule has 1 atom stereocenters. The molecule has 1 aliphatic heterocycles. The van der Waals surface area contributed by atoms with Gasteiger partial charge in [-0.05, 0) is 81.0 Å². The number of aliphatic hydroxyl groups is 1. The minimum absolute atomic E-state index is 0.0125. The lowest BCUT2D eigenvalue weighted by Gasteiger charge is -2.36. The van der Waals surface area contributed by atoms with Gasteiger partial charge in [0, 0.05) is 30.3 Å². The minimum atomic E-state index is -0.803. The summed E-state index contributed by atoms with van der Waals surface area (Å²) >= 11 is 0. The van der Waals surface area contributed by atoms with Gasteiger partial charge in [-0.3, -0.25) is 9.78 Å². The Hall–Kier alpha value is -3.36. The van der Waals surface area contributed by atoms with E-state index in [0.29, 0.717) is 36.7 Å². The molecule has 1 aromatic heterocycles. The fourth-order valence-electron chi connectivity index (χ4n) is 4.70. The molecule has 0 spiro atoms. The summed E-state index contributed by atoms with van der Waals surface area (Å²) < 4.78 is 33.0. The first-order valence-corrected chi connectivity index (χ1v) is 12.6. The van der Waals surface area contributed by atoms with E-state index >= 15 is 0 Å². The maximum absolute atomic E-state index is 14.1. The van der Waals surface area contributed by atoms with Crippen molar-refractivity contribution in [3.8, 4) is 11.5 Å². The minimum Gasteiger partial charge on any atom is -0.454 e. The number of hydrogen-bond donors (Lipinski definition) is 2. The van der Waals surface area contributed by atoms with E-state index in [1.807, 2.05) is 43.0 Å². The van der Waals surface area contributed by atoms with Crippen molar-refractivity contribution in [1.29, 1.82) is 0 Å². The van der Waals surface area contributed by atoms with E-state index in [2.05, 4.69) is 5.32 Å². The van der Waals surface area contributed by atoms with Crippen LogP contribution in [0.25, 0.3) is 0 Å². The second kappa shape index (κ2) is 10.2. The van der Waals surface area contributed by atoms with Crippen LogP contribution >= 0.6 is 0 Å². The Morgan fingerprint density at radius 1 is 1.16 bits per heavy atom. The molecule has 8 heteroatoms. The van der Waals surface area contributed by atoms with Gasteiger partial charge in [-0.15, -0.1) is 0 Å². The Labute approximate surface area is 215 Å². The third-order valence-corrected chi connectivity index (χ3v) is 7.00. The number of amides is 1. The van der Waals surface area contributed by atoms with E-state index in [9.17, 15) is 18.7 Å². The summed E-state index contributed by atoms with van der Waals surface area (Å²) in [5.41, 5.74) is 2.74. The number of nitrogens with one attached hydrogen (secondary N) is 1. The molecule has 1 aliphatic carbocycles. The molecular formula is C29H31F2N3O3. The lowest BCUT2D eigenvalue weighted by molar-refractivity contribution is 0.0627. The van der Waals surface area contributed by atoms with E-state index in [1.54, 1.807) is 12.1 Å². The normalized spacial score (nSPS) is 16.5. The molecule has 0 radical (unpaired) electrons. The van der Waals surface area contributed by atoms with Crippen molar-refractivity contribution >= 4 is 5.91 Å². The number of nitrogens with zero attached hydrogens (tertiary/aromatic N) is 2. The lowest BCUT2D eigenvalue weighted by atomic mass is 9.95. The number of carbonyl (C=O) groups excluding carboxylic acids is 1. The molecule has 2 aliphatic rings. The molecular weight excluding hydrogens is 476 g/mol. The highest BCUT2D eigenvalue weighted by Crippen LogP contribution is 2.45. The predicted molar refractivity (Wildman–Crippen MR) is 135 cm³/mol. The van der Waals surface area contributed by atoms with Gasteiger partial charge in [0.25, 0.3) is 5.91 Å². The molecule has 194 valence electrons. The maximum atomic E-state index is 14.1. The van der Waals surface area contributed by atoms with Crippen molar-refractivity contribution in [2.75, 3.05) is 13.2 Å². The molecule has 0 bridgehead atoms. The Bertz CT molecular complexity index is 1310. The largest absolute Gasteiger partial charge is 0.454 e. The number of aliphatic hydroxyl groups excluding tert-OH is 1. The van der Waals surface area contributed by atoms with Crippen molar-refractivity contribution < 1.29 is 23.4 Å². The van der Waals surface area contributed by atoms with E-state index in [0.717, 1.165) is 41.9 Å². The number of fused-ring (bicyclic) bond motifs is 1. The highest BCUT2D eigenvalue weighted by Gasteiger charge is 2.41. The van der Waals surface area contributed by atoms with E-state index < -0.39 is 17.2 Å². The predicted octanol–water partition coefficient (Wildman–Crippen LogP) is 5.16. The van der Waals surface area contributed by atoms with Gasteiger partial charge >= 0.3 is 0 Å². The summed E-state index contributed by atoms with van der Waals surface area (Å²) in [5, 5.41) is 12.8. The van der Waals surface area contributed by atoms with Gasteiger partial charge in [-0.1, -0.05) is 12.1 Å². The molecule has 1 amide bonds. The lowest BCUT2D eigenvalue weighted by Crippen LogP contribution is -2.42. The van der Waals surface area contributed by atoms with Gasteiger partial charge in [0.15, 0.2) is 11.6 Å². The van der Waals surface area contributed by atoms with Crippen LogP contribution in [-0.2, 0) is 13.0 Å². The van der Waals surface area contributed by atoms with Gasteiger partial charge < -0.3 is 20.1 Å². The summed E-state index contributed by atoms with van der Waals surface area (Å²) in [6, 6.07) is 14.1. The molecule has 2 N–H and O–H groups in total. The summed E-state index contributed by atoms with van der Waals surface area (Å²) in [5.74, 6) is -1.02. The summed E-state index contributed by atoms with van der Waals surface area (Å²) in [4.78, 5) is 20.5. The summed E-state index contributed by atoms with van der Waals surface area (Å²) in [6.07, 6.45) is 2.77. The molecule has 1 fully saturated rings. The molecule has 2 aromatic carbocycles. The van der Waals surface area contributed by atoms with Crippen LogP contribution in [0, 0.1) is 17.6 Å². The SMILES string of the molecule is CC(C)(CO)NCc1cccc([C@@H](C2CC2)N2CCc3ccc(Oc4ccc(F)cc4F)cc3C2=O)n1. The Morgan fingerprint density at radius 3 is 2.70 bits per heavy atom. The number of hydrogen-bond acceptors (Lipinski definition) is 5. The molecule has 6 nitrogen and oxygen atoms in total. The number of halogens is 2. The molecule has 5 rings (SSSR count). The number of ether oxygens (including phenoxy) is 1. The smallest absolute Gasteiger partial charge is 0.254 e. The second-order valence-electron chi connectivity index (χ2n) is 10.5. The van der Waals surface area contributed by atoms with Gasteiger partial charge in [0.2, 0.25) is 0 Å². The van der Waals surface area contributed by atoms with E-state index in [-0.39, 0.29) is 24.3 Å². The third-order valence-electron chi connectivity index (χ3n) is 7.00. The van der Waals surface area contributed by atoms with Crippen LogP contribution in [0.5, 0.6) is 11.5 Å². The van der Waals surface area contributed by atoms with Gasteiger partial charge in [0.1, 0.15) is 11.6 Å². The molecule has 1 saturated carbocycles. The van der Waals surface area contributed by atoms with Crippen LogP contribution in [-0.4, -0.2) is 39.6 Å². The zero-order valence-corrected chi connectivity index (χ0v) is 21.0. The van der Waals surface area contributed by atoms with Crippen LogP contribution in [0.4, 0.5) is 8.78 Å². The van der Waals surface area contributed by atoms with Crippen LogP contribution in [0.2, 0.25) is 0 Å². The maximum Gasteiger partial charge on any atom is 0.254 e. The average Bonchev–Trinajstić information content (AvgIpc) is 3.72. The monoisotopic (exact) mass is 507 g/mol. The highest BCUT2D eigenvalue weighted by molar-refractivity contribution is 5.97. The zero-order chi connectivity index (χ0) is 26.2. The molecule has 37 heavy (non-hydrogen) atoms. The van der Waals surface area contributed by atoms with E-state index in [4.69, 9.17) is 9.72 Å². The highest BCUT2D eigenvalue weighted by atomic mass is 19.1. The van der Waals surface area contributed by atoms with E-state index in [1.165, 1.54) is 6.07 Å². The standard InChI is InChI=1S/C29H31F2N3O3/c1-29(2,17-35)32-16-21-4-3-5-25(33-21)27(19-6-7-19)34-13-12-18-8-10-22(15-23(18)28(34)36)37-26-11-9-20(30)14-24(26)31/h3-5,8-11,14-15,19,27,32,35H,6-7,12-13,16-17H2,1-2H3/t27-/m1/s1. The van der Waals surface area contributed by atoms with Crippen molar-refractivity contribution in [2.45, 2.75) is 51.2 Å². The zero-order valence-electron chi connectivity index (χ0n) is 21.0. The molecule has 0 saturated heterocycles. The number of aromatic nitrogens is 1. The van der Waals surface area contributed by atoms with Crippen LogP contribution in [0.1, 0.15) is 60.0 Å². The summed E-state index contributed by atoms with van der Waals surface area (Å²) in [6.45, 7) is 4.96. The quantitative estimate of drug-likeness (QED) is 0.418. The third kappa shape index (κ3) is 5.65. The molecule has 3 aromatic rings. The van der Waals surface area contributed by atoms with Gasteiger partial charge in [-0.25, -0.2) is 8.78 Å². The first kappa shape index (κ1) is 25.3. The molecule has 2 heterocycles. The van der Waals surface area contributed by atoms with Crippen LogP contribution < -0.4 is 10.1 Å². The van der Waals surface area contributed by atoms with Crippen molar-refractivity contribution in [3.63, 3.8) is 0 Å². The van der Waals surface area contributed by atoms with Gasteiger partial charge in [-0.2, -0.15) is 0 Å². The van der Waals surface area contributed by atoms with Crippen molar-refractivity contribution in [3.05, 3.63) is 88.7 Å². The molecule has 0 unspecified atom stereocenters. The topological polar surface area (TPSA) is 74.7 Å². The Kier molecular flexibility index (Phi) is 6.96. The number of rotatable bonds is 9. The first-order chi connectivity index (χ1) is 17.7. The number of pyridine rings is 1. The fourth-order valence-corrected chi connectivity index (χ4v) is 4.70. The Morgan fingerprint density at radius 2 is 1.97 bits per heavy atom. The fraction of sp³-hybridized carbons (Fsp3) is 0.379. The van der Waals surface area contributed by atoms with Crippen molar-refractivity contribution in [1.82, 2.24) is 15.2 Å². The number of carbonyl (C=O) groups is 1. The average molecular weight is 508 g/mol. The van der Waals surface area contributed by atoms with Crippen molar-refractivity contribution in [2.24, 2.45) is 5.92 Å². The first-order valence-electron chi connectivity index (χ1n) is 12.6. The second-order valence-corrected chi connectivity index (χ2v) is 10.5. The summed E-state index contributed by atoms with van der Waals surface area (Å²) in [7, 11) is 0. The number of benzene rings is 2. The van der Waals surface area contributed by atoms with Gasteiger partial charge in [0.05, 0.1) is 24.0 Å². The van der Waals surface area contributed by atoms with Crippen LogP contribution in [0.15, 0.2) is 54.6 Å². The Balaban J connectivity index is 1.38.